The Balaban J connectivity index is 1.68. The monoisotopic (exact) mass is 381 g/mol. The van der Waals surface area contributed by atoms with E-state index in [-0.39, 0.29) is 17.9 Å². The van der Waals surface area contributed by atoms with E-state index in [1.807, 2.05) is 0 Å². The lowest BCUT2D eigenvalue weighted by molar-refractivity contribution is -0.114. The largest absolute Gasteiger partial charge is 0.379 e. The average Bonchev–Trinajstić information content (AvgIpc) is 2.69. The van der Waals surface area contributed by atoms with Crippen molar-refractivity contribution in [1.82, 2.24) is 10.2 Å². The normalized spacial score (nSPS) is 15.6. The maximum absolute atomic E-state index is 12.6. The molecule has 148 valence electrons. The molecule has 1 atom stereocenters. The van der Waals surface area contributed by atoms with Gasteiger partial charge in [0.05, 0.1) is 19.3 Å². The second kappa shape index (κ2) is 9.48. The number of nitrogens with one attached hydrogen (secondary N) is 2. The number of ether oxygens (including phenoxy) is 1. The fourth-order valence-corrected chi connectivity index (χ4v) is 3.42. The molecule has 1 aliphatic rings. The topological polar surface area (TPSA) is 70.7 Å². The predicted octanol–water partition coefficient (Wildman–Crippen LogP) is 2.76. The highest BCUT2D eigenvalue weighted by Gasteiger charge is 2.23. The Bertz CT molecular complexity index is 814. The van der Waals surface area contributed by atoms with Crippen LogP contribution in [0.3, 0.4) is 0 Å². The molecule has 2 aromatic rings. The molecule has 1 heterocycles. The van der Waals surface area contributed by atoms with Crippen molar-refractivity contribution in [3.05, 3.63) is 65.2 Å². The summed E-state index contributed by atoms with van der Waals surface area (Å²) in [5.41, 5.74) is 3.65. The molecule has 2 amide bonds. The number of rotatable bonds is 6. The first-order chi connectivity index (χ1) is 13.5. The van der Waals surface area contributed by atoms with Gasteiger partial charge >= 0.3 is 0 Å². The van der Waals surface area contributed by atoms with Crippen molar-refractivity contribution in [3.63, 3.8) is 0 Å². The highest BCUT2D eigenvalue weighted by molar-refractivity contribution is 5.95. The number of benzene rings is 2. The summed E-state index contributed by atoms with van der Waals surface area (Å²) in [4.78, 5) is 26.1. The van der Waals surface area contributed by atoms with Gasteiger partial charge in [-0.25, -0.2) is 0 Å². The summed E-state index contributed by atoms with van der Waals surface area (Å²) >= 11 is 0. The van der Waals surface area contributed by atoms with E-state index in [2.05, 4.69) is 46.7 Å². The molecule has 0 radical (unpaired) electrons. The van der Waals surface area contributed by atoms with E-state index in [0.29, 0.717) is 31.0 Å². The van der Waals surface area contributed by atoms with Gasteiger partial charge in [0, 0.05) is 37.8 Å². The van der Waals surface area contributed by atoms with Gasteiger partial charge in [-0.1, -0.05) is 29.8 Å². The van der Waals surface area contributed by atoms with Crippen molar-refractivity contribution >= 4 is 17.5 Å². The Morgan fingerprint density at radius 3 is 2.46 bits per heavy atom. The second-order valence-corrected chi connectivity index (χ2v) is 7.05. The zero-order chi connectivity index (χ0) is 19.9. The quantitative estimate of drug-likeness (QED) is 0.807. The third-order valence-electron chi connectivity index (χ3n) is 4.84. The standard InChI is InChI=1S/C22H27N3O3/c1-16-4-3-5-19(14-16)21(25-10-12-28-13-11-25)15-23-22(27)18-6-8-20(9-7-18)24-17(2)26/h3-9,14,21H,10-13,15H2,1-2H3,(H,23,27)(H,24,26). The van der Waals surface area contributed by atoms with Crippen molar-refractivity contribution in [1.29, 1.82) is 0 Å². The predicted molar refractivity (Wildman–Crippen MR) is 109 cm³/mol. The summed E-state index contributed by atoms with van der Waals surface area (Å²) in [6.45, 7) is 7.17. The average molecular weight is 381 g/mol. The molecule has 0 aromatic heterocycles. The molecule has 1 saturated heterocycles. The van der Waals surface area contributed by atoms with E-state index in [0.717, 1.165) is 13.1 Å². The van der Waals surface area contributed by atoms with Crippen LogP contribution in [0.5, 0.6) is 0 Å². The number of hydrogen-bond acceptors (Lipinski definition) is 4. The molecule has 28 heavy (non-hydrogen) atoms. The highest BCUT2D eigenvalue weighted by atomic mass is 16.5. The van der Waals surface area contributed by atoms with Crippen LogP contribution < -0.4 is 10.6 Å². The number of carbonyl (C=O) groups is 2. The minimum absolute atomic E-state index is 0.103. The fourth-order valence-electron chi connectivity index (χ4n) is 3.42. The van der Waals surface area contributed by atoms with Crippen molar-refractivity contribution in [3.8, 4) is 0 Å². The van der Waals surface area contributed by atoms with Gasteiger partial charge in [0.25, 0.3) is 5.91 Å². The number of amides is 2. The Hall–Kier alpha value is -2.70. The van der Waals surface area contributed by atoms with E-state index in [1.54, 1.807) is 24.3 Å². The van der Waals surface area contributed by atoms with Crippen LogP contribution in [0.1, 0.15) is 34.5 Å². The lowest BCUT2D eigenvalue weighted by Gasteiger charge is -2.35. The summed E-state index contributed by atoms with van der Waals surface area (Å²) in [6.07, 6.45) is 0. The Morgan fingerprint density at radius 2 is 1.82 bits per heavy atom. The van der Waals surface area contributed by atoms with Crippen LogP contribution in [-0.4, -0.2) is 49.6 Å². The number of carbonyl (C=O) groups excluding carboxylic acids is 2. The summed E-state index contributed by atoms with van der Waals surface area (Å²) in [6, 6.07) is 15.4. The van der Waals surface area contributed by atoms with Crippen LogP contribution in [0.25, 0.3) is 0 Å². The van der Waals surface area contributed by atoms with Crippen LogP contribution >= 0.6 is 0 Å². The second-order valence-electron chi connectivity index (χ2n) is 7.05. The third-order valence-corrected chi connectivity index (χ3v) is 4.84. The molecule has 1 fully saturated rings. The van der Waals surface area contributed by atoms with E-state index >= 15 is 0 Å². The SMILES string of the molecule is CC(=O)Nc1ccc(C(=O)NCC(c2cccc(C)c2)N2CCOCC2)cc1. The maximum atomic E-state index is 12.6. The third kappa shape index (κ3) is 5.41. The molecule has 3 rings (SSSR count). The molecule has 0 bridgehead atoms. The van der Waals surface area contributed by atoms with Crippen molar-refractivity contribution in [2.75, 3.05) is 38.2 Å². The zero-order valence-electron chi connectivity index (χ0n) is 16.4. The van der Waals surface area contributed by atoms with Crippen LogP contribution in [0.2, 0.25) is 0 Å². The molecular formula is C22H27N3O3. The molecule has 0 saturated carbocycles. The first kappa shape index (κ1) is 20.0. The summed E-state index contributed by atoms with van der Waals surface area (Å²) in [5, 5.41) is 5.77. The highest BCUT2D eigenvalue weighted by Crippen LogP contribution is 2.22. The molecule has 0 aliphatic carbocycles. The molecular weight excluding hydrogens is 354 g/mol. The van der Waals surface area contributed by atoms with Gasteiger partial charge in [-0.05, 0) is 36.8 Å². The van der Waals surface area contributed by atoms with E-state index < -0.39 is 0 Å². The van der Waals surface area contributed by atoms with Gasteiger partial charge in [0.2, 0.25) is 5.91 Å². The summed E-state index contributed by atoms with van der Waals surface area (Å²) in [5.74, 6) is -0.260. The number of aryl methyl sites for hydroxylation is 1. The molecule has 1 aliphatic heterocycles. The smallest absolute Gasteiger partial charge is 0.251 e. The van der Waals surface area contributed by atoms with Gasteiger partial charge in [-0.15, -0.1) is 0 Å². The van der Waals surface area contributed by atoms with Crippen LogP contribution in [0, 0.1) is 6.92 Å². The number of anilines is 1. The molecule has 2 aromatic carbocycles. The first-order valence-corrected chi connectivity index (χ1v) is 9.57. The lowest BCUT2D eigenvalue weighted by Crippen LogP contribution is -2.43. The van der Waals surface area contributed by atoms with Gasteiger partial charge in [-0.2, -0.15) is 0 Å². The van der Waals surface area contributed by atoms with E-state index in [1.165, 1.54) is 18.1 Å². The van der Waals surface area contributed by atoms with Crippen LogP contribution in [0.4, 0.5) is 5.69 Å². The Kier molecular flexibility index (Phi) is 6.79. The zero-order valence-corrected chi connectivity index (χ0v) is 16.4. The van der Waals surface area contributed by atoms with Gasteiger partial charge in [0.1, 0.15) is 0 Å². The maximum Gasteiger partial charge on any atom is 0.251 e. The van der Waals surface area contributed by atoms with Gasteiger partial charge < -0.3 is 15.4 Å². The molecule has 1 unspecified atom stereocenters. The van der Waals surface area contributed by atoms with Gasteiger partial charge in [-0.3, -0.25) is 14.5 Å². The first-order valence-electron chi connectivity index (χ1n) is 9.57. The van der Waals surface area contributed by atoms with Crippen molar-refractivity contribution < 1.29 is 14.3 Å². The fraction of sp³-hybridized carbons (Fsp3) is 0.364. The van der Waals surface area contributed by atoms with E-state index in [9.17, 15) is 9.59 Å². The molecule has 0 spiro atoms. The summed E-state index contributed by atoms with van der Waals surface area (Å²) < 4.78 is 5.48. The van der Waals surface area contributed by atoms with Crippen LogP contribution in [0.15, 0.2) is 48.5 Å². The summed E-state index contributed by atoms with van der Waals surface area (Å²) in [7, 11) is 0. The number of morpholine rings is 1. The molecule has 6 nitrogen and oxygen atoms in total. The minimum atomic E-state index is -0.135. The van der Waals surface area contributed by atoms with Crippen LogP contribution in [-0.2, 0) is 9.53 Å². The molecule has 6 heteroatoms. The van der Waals surface area contributed by atoms with Crippen molar-refractivity contribution in [2.24, 2.45) is 0 Å². The molecule has 2 N–H and O–H groups in total. The number of nitrogens with zero attached hydrogens (tertiary/aromatic N) is 1. The Labute approximate surface area is 165 Å². The van der Waals surface area contributed by atoms with E-state index in [4.69, 9.17) is 4.74 Å². The minimum Gasteiger partial charge on any atom is -0.379 e. The van der Waals surface area contributed by atoms with Crippen molar-refractivity contribution in [2.45, 2.75) is 19.9 Å². The Morgan fingerprint density at radius 1 is 1.11 bits per heavy atom. The van der Waals surface area contributed by atoms with Gasteiger partial charge in [0.15, 0.2) is 0 Å². The number of hydrogen-bond donors (Lipinski definition) is 2. The lowest BCUT2D eigenvalue weighted by atomic mass is 10.0.